The first-order valence-corrected chi connectivity index (χ1v) is 12.8. The Hall–Kier alpha value is -1.95. The molecule has 1 aliphatic carbocycles. The van der Waals surface area contributed by atoms with Gasteiger partial charge in [0.1, 0.15) is 10.8 Å². The van der Waals surface area contributed by atoms with Gasteiger partial charge < -0.3 is 9.64 Å². The van der Waals surface area contributed by atoms with E-state index in [0.717, 1.165) is 66.0 Å². The maximum absolute atomic E-state index is 13.1. The Morgan fingerprint density at radius 1 is 1.10 bits per heavy atom. The molecular formula is C25H35N3O2S. The molecule has 0 bridgehead atoms. The van der Waals surface area contributed by atoms with Crippen molar-refractivity contribution < 1.29 is 9.53 Å². The minimum atomic E-state index is 0.258. The zero-order valence-corrected chi connectivity index (χ0v) is 19.7. The van der Waals surface area contributed by atoms with E-state index in [1.807, 2.05) is 24.3 Å². The molecule has 0 radical (unpaired) electrons. The zero-order valence-electron chi connectivity index (χ0n) is 18.9. The maximum Gasteiger partial charge on any atom is 0.225 e. The minimum absolute atomic E-state index is 0.258. The van der Waals surface area contributed by atoms with Crippen molar-refractivity contribution in [1.29, 1.82) is 0 Å². The van der Waals surface area contributed by atoms with Gasteiger partial charge in [-0.05, 0) is 56.6 Å². The number of rotatable bonds is 7. The number of carbonyl (C=O) groups is 1. The molecule has 0 atom stereocenters. The molecule has 2 fully saturated rings. The van der Waals surface area contributed by atoms with Crippen molar-refractivity contribution in [2.75, 3.05) is 20.2 Å². The quantitative estimate of drug-likeness (QED) is 0.535. The van der Waals surface area contributed by atoms with E-state index in [4.69, 9.17) is 4.74 Å². The van der Waals surface area contributed by atoms with E-state index < -0.39 is 0 Å². The summed E-state index contributed by atoms with van der Waals surface area (Å²) in [6.07, 6.45) is 10.6. The molecule has 1 saturated carbocycles. The van der Waals surface area contributed by atoms with Gasteiger partial charge in [-0.1, -0.05) is 49.7 Å². The fraction of sp³-hybridized carbons (Fsp3) is 0.640. The maximum atomic E-state index is 13.1. The summed E-state index contributed by atoms with van der Waals surface area (Å²) in [5.41, 5.74) is 0.996. The van der Waals surface area contributed by atoms with Crippen molar-refractivity contribution in [3.8, 4) is 16.3 Å². The normalized spacial score (nSPS) is 22.5. The predicted molar refractivity (Wildman–Crippen MR) is 125 cm³/mol. The van der Waals surface area contributed by atoms with E-state index in [9.17, 15) is 4.79 Å². The van der Waals surface area contributed by atoms with Crippen LogP contribution in [0.2, 0.25) is 0 Å². The van der Waals surface area contributed by atoms with E-state index in [0.29, 0.717) is 11.8 Å². The molecule has 2 heterocycles. The molecule has 0 N–H and O–H groups in total. The number of nitrogens with zero attached hydrogens (tertiary/aromatic N) is 3. The Bertz CT molecular complexity index is 852. The second-order valence-electron chi connectivity index (χ2n) is 9.11. The molecular weight excluding hydrogens is 406 g/mol. The Kier molecular flexibility index (Phi) is 7.59. The smallest absolute Gasteiger partial charge is 0.225 e. The van der Waals surface area contributed by atoms with E-state index in [-0.39, 0.29) is 5.92 Å². The molecule has 1 aromatic heterocycles. The van der Waals surface area contributed by atoms with E-state index in [1.54, 1.807) is 18.4 Å². The van der Waals surface area contributed by atoms with Crippen molar-refractivity contribution in [3.63, 3.8) is 0 Å². The van der Waals surface area contributed by atoms with Crippen LogP contribution >= 0.6 is 11.3 Å². The zero-order chi connectivity index (χ0) is 21.6. The lowest BCUT2D eigenvalue weighted by atomic mass is 9.79. The molecule has 1 aromatic carbocycles. The second kappa shape index (κ2) is 10.6. The molecule has 1 amide bonds. The highest BCUT2D eigenvalue weighted by molar-refractivity contribution is 7.14. The molecule has 4 rings (SSSR count). The Morgan fingerprint density at radius 3 is 2.55 bits per heavy atom. The van der Waals surface area contributed by atoms with Gasteiger partial charge in [0.15, 0.2) is 5.01 Å². The second-order valence-corrected chi connectivity index (χ2v) is 10.1. The molecule has 1 saturated heterocycles. The first kappa shape index (κ1) is 22.3. The van der Waals surface area contributed by atoms with E-state index >= 15 is 0 Å². The molecule has 2 aliphatic rings. The van der Waals surface area contributed by atoms with Crippen LogP contribution in [0.25, 0.3) is 10.6 Å². The monoisotopic (exact) mass is 441 g/mol. The lowest BCUT2D eigenvalue weighted by Gasteiger charge is -2.36. The van der Waals surface area contributed by atoms with Gasteiger partial charge >= 0.3 is 0 Å². The lowest BCUT2D eigenvalue weighted by Crippen LogP contribution is -2.42. The van der Waals surface area contributed by atoms with Crippen molar-refractivity contribution in [2.45, 2.75) is 70.6 Å². The van der Waals surface area contributed by atoms with Crippen LogP contribution in [0.15, 0.2) is 24.3 Å². The first-order valence-electron chi connectivity index (χ1n) is 11.9. The summed E-state index contributed by atoms with van der Waals surface area (Å²) < 4.78 is 5.47. The van der Waals surface area contributed by atoms with Gasteiger partial charge in [0.05, 0.1) is 12.7 Å². The fourth-order valence-corrected chi connectivity index (χ4v) is 6.17. The largest absolute Gasteiger partial charge is 0.496 e. The number of ether oxygens (including phenoxy) is 1. The van der Waals surface area contributed by atoms with Gasteiger partial charge in [-0.15, -0.1) is 10.2 Å². The third-order valence-electron chi connectivity index (χ3n) is 7.10. The predicted octanol–water partition coefficient (Wildman–Crippen LogP) is 5.92. The standard InChI is InChI=1S/C25H35N3O2S/c1-3-4-7-18-10-12-20(13-11-18)25(29)28-16-14-19(15-17-28)23-26-27-24(31-23)21-8-5-6-9-22(21)30-2/h5-6,8-9,18-20H,3-4,7,10-17H2,1-2H3. The molecule has 0 spiro atoms. The van der Waals surface area contributed by atoms with Crippen LogP contribution in [-0.4, -0.2) is 41.2 Å². The van der Waals surface area contributed by atoms with Crippen LogP contribution in [0.4, 0.5) is 0 Å². The number of aromatic nitrogens is 2. The number of hydrogen-bond acceptors (Lipinski definition) is 5. The Morgan fingerprint density at radius 2 is 1.84 bits per heavy atom. The summed E-state index contributed by atoms with van der Waals surface area (Å²) in [6.45, 7) is 3.96. The van der Waals surface area contributed by atoms with Gasteiger partial charge in [-0.25, -0.2) is 0 Å². The van der Waals surface area contributed by atoms with E-state index in [1.165, 1.54) is 32.1 Å². The summed E-state index contributed by atoms with van der Waals surface area (Å²) in [5.74, 6) is 2.74. The van der Waals surface area contributed by atoms with Crippen LogP contribution in [0.1, 0.15) is 75.6 Å². The van der Waals surface area contributed by atoms with Crippen LogP contribution in [-0.2, 0) is 4.79 Å². The number of carbonyl (C=O) groups excluding carboxylic acids is 1. The van der Waals surface area contributed by atoms with Gasteiger partial charge in [-0.3, -0.25) is 4.79 Å². The molecule has 6 heteroatoms. The van der Waals surface area contributed by atoms with Crippen molar-refractivity contribution in [3.05, 3.63) is 29.3 Å². The summed E-state index contributed by atoms with van der Waals surface area (Å²) in [5, 5.41) is 10.9. The van der Waals surface area contributed by atoms with Crippen molar-refractivity contribution in [1.82, 2.24) is 15.1 Å². The number of unbranched alkanes of at least 4 members (excludes halogenated alkanes) is 1. The average Bonchev–Trinajstić information content (AvgIpc) is 3.33. The molecule has 31 heavy (non-hydrogen) atoms. The third-order valence-corrected chi connectivity index (χ3v) is 8.21. The SMILES string of the molecule is CCCCC1CCC(C(=O)N2CCC(c3nnc(-c4ccccc4OC)s3)CC2)CC1. The van der Waals surface area contributed by atoms with Crippen molar-refractivity contribution >= 4 is 17.2 Å². The van der Waals surface area contributed by atoms with Crippen molar-refractivity contribution in [2.24, 2.45) is 11.8 Å². The fourth-order valence-electron chi connectivity index (χ4n) is 5.13. The molecule has 2 aromatic rings. The number of benzene rings is 1. The number of likely N-dealkylation sites (tertiary alicyclic amines) is 1. The summed E-state index contributed by atoms with van der Waals surface area (Å²) >= 11 is 1.66. The number of amides is 1. The van der Waals surface area contributed by atoms with Crippen LogP contribution in [0.3, 0.4) is 0 Å². The van der Waals surface area contributed by atoms with E-state index in [2.05, 4.69) is 22.0 Å². The Balaban J connectivity index is 1.29. The van der Waals surface area contributed by atoms with Gasteiger partial charge in [0, 0.05) is 24.9 Å². The third kappa shape index (κ3) is 5.28. The molecule has 1 aliphatic heterocycles. The first-order chi connectivity index (χ1) is 15.2. The highest BCUT2D eigenvalue weighted by Gasteiger charge is 2.32. The average molecular weight is 442 g/mol. The molecule has 168 valence electrons. The highest BCUT2D eigenvalue weighted by atomic mass is 32.1. The number of hydrogen-bond donors (Lipinski definition) is 0. The Labute approximate surface area is 190 Å². The van der Waals surface area contributed by atoms with Crippen LogP contribution < -0.4 is 4.74 Å². The van der Waals surface area contributed by atoms with Gasteiger partial charge in [0.25, 0.3) is 0 Å². The molecule has 0 unspecified atom stereocenters. The topological polar surface area (TPSA) is 55.3 Å². The van der Waals surface area contributed by atoms with Crippen LogP contribution in [0.5, 0.6) is 5.75 Å². The number of para-hydroxylation sites is 1. The minimum Gasteiger partial charge on any atom is -0.496 e. The summed E-state index contributed by atoms with van der Waals surface area (Å²) in [6, 6.07) is 7.95. The van der Waals surface area contributed by atoms with Gasteiger partial charge in [-0.2, -0.15) is 0 Å². The van der Waals surface area contributed by atoms with Crippen LogP contribution in [0, 0.1) is 11.8 Å². The lowest BCUT2D eigenvalue weighted by molar-refractivity contribution is -0.138. The number of piperidine rings is 1. The number of methoxy groups -OCH3 is 1. The summed E-state index contributed by atoms with van der Waals surface area (Å²) in [4.78, 5) is 15.2. The highest BCUT2D eigenvalue weighted by Crippen LogP contribution is 2.38. The molecule has 5 nitrogen and oxygen atoms in total. The summed E-state index contributed by atoms with van der Waals surface area (Å²) in [7, 11) is 1.69. The van der Waals surface area contributed by atoms with Gasteiger partial charge in [0.2, 0.25) is 5.91 Å².